The van der Waals surface area contributed by atoms with Crippen molar-refractivity contribution >= 4 is 0 Å². The van der Waals surface area contributed by atoms with Crippen molar-refractivity contribution in [1.29, 1.82) is 0 Å². The van der Waals surface area contributed by atoms with Gasteiger partial charge in [-0.1, -0.05) is 53.4 Å². The maximum Gasteiger partial charge on any atom is 0.201 e. The third-order valence-electron chi connectivity index (χ3n) is 6.02. The Labute approximate surface area is 204 Å². The highest BCUT2D eigenvalue weighted by Gasteiger charge is 2.15. The number of aromatic hydroxyl groups is 1. The third-order valence-corrected chi connectivity index (χ3v) is 6.02. The molecule has 0 radical (unpaired) electrons. The zero-order valence-corrected chi connectivity index (χ0v) is 22.1. The molecular formula is C28H52N2O3. The first kappa shape index (κ1) is 29.7. The van der Waals surface area contributed by atoms with Gasteiger partial charge in [0, 0.05) is 19.5 Å². The van der Waals surface area contributed by atoms with Crippen molar-refractivity contribution in [3.05, 3.63) is 24.3 Å². The lowest BCUT2D eigenvalue weighted by molar-refractivity contribution is -0.0897. The van der Waals surface area contributed by atoms with Crippen LogP contribution in [0.4, 0.5) is 0 Å². The largest absolute Gasteiger partial charge is 0.508 e. The van der Waals surface area contributed by atoms with Crippen LogP contribution in [0.25, 0.3) is 0 Å². The van der Waals surface area contributed by atoms with E-state index in [1.807, 2.05) is 12.1 Å². The minimum absolute atomic E-state index is 0.254. The average molecular weight is 465 g/mol. The molecule has 0 aromatic heterocycles. The number of hydrogen-bond acceptors (Lipinski definition) is 5. The highest BCUT2D eigenvalue weighted by Crippen LogP contribution is 2.19. The summed E-state index contributed by atoms with van der Waals surface area (Å²) in [7, 11) is 0. The van der Waals surface area contributed by atoms with E-state index >= 15 is 0 Å². The minimum atomic E-state index is -0.264. The number of benzene rings is 1. The third kappa shape index (κ3) is 15.3. The molecule has 0 amide bonds. The molecule has 5 nitrogen and oxygen atoms in total. The molecule has 1 rings (SSSR count). The zero-order chi connectivity index (χ0) is 24.2. The van der Waals surface area contributed by atoms with Gasteiger partial charge < -0.3 is 24.4 Å². The summed E-state index contributed by atoms with van der Waals surface area (Å²) in [5.41, 5.74) is 0. The molecule has 0 aliphatic rings. The normalized spacial score (nSPS) is 12.5. The van der Waals surface area contributed by atoms with Crippen LogP contribution in [0.1, 0.15) is 91.9 Å². The molecule has 0 saturated heterocycles. The van der Waals surface area contributed by atoms with E-state index in [9.17, 15) is 5.11 Å². The summed E-state index contributed by atoms with van der Waals surface area (Å²) in [6.07, 6.45) is 11.5. The van der Waals surface area contributed by atoms with E-state index < -0.39 is 0 Å². The lowest BCUT2D eigenvalue weighted by atomic mass is 10.2. The molecule has 0 fully saturated rings. The maximum absolute atomic E-state index is 9.58. The van der Waals surface area contributed by atoms with Crippen LogP contribution in [0.15, 0.2) is 24.3 Å². The quantitative estimate of drug-likeness (QED) is 0.153. The van der Waals surface area contributed by atoms with Crippen LogP contribution >= 0.6 is 0 Å². The zero-order valence-electron chi connectivity index (χ0n) is 22.1. The molecule has 33 heavy (non-hydrogen) atoms. The van der Waals surface area contributed by atoms with Crippen molar-refractivity contribution in [3.8, 4) is 11.5 Å². The maximum atomic E-state index is 9.58. The van der Waals surface area contributed by atoms with Crippen LogP contribution < -0.4 is 4.74 Å². The minimum Gasteiger partial charge on any atom is -0.508 e. The Hall–Kier alpha value is -1.30. The van der Waals surface area contributed by atoms with E-state index in [0.29, 0.717) is 6.61 Å². The molecule has 192 valence electrons. The Morgan fingerprint density at radius 2 is 1.12 bits per heavy atom. The molecule has 0 aliphatic heterocycles. The van der Waals surface area contributed by atoms with Gasteiger partial charge in [-0.2, -0.15) is 0 Å². The van der Waals surface area contributed by atoms with E-state index in [4.69, 9.17) is 9.47 Å². The summed E-state index contributed by atoms with van der Waals surface area (Å²) in [5, 5.41) is 9.58. The Morgan fingerprint density at radius 1 is 0.667 bits per heavy atom. The van der Waals surface area contributed by atoms with Crippen molar-refractivity contribution in [2.24, 2.45) is 0 Å². The van der Waals surface area contributed by atoms with E-state index in [1.54, 1.807) is 12.1 Å². The van der Waals surface area contributed by atoms with Gasteiger partial charge in [0.15, 0.2) is 0 Å². The van der Waals surface area contributed by atoms with Gasteiger partial charge >= 0.3 is 0 Å². The van der Waals surface area contributed by atoms with Crippen LogP contribution in [0.3, 0.4) is 0 Å². The van der Waals surface area contributed by atoms with E-state index in [0.717, 1.165) is 44.8 Å². The fourth-order valence-corrected chi connectivity index (χ4v) is 3.84. The van der Waals surface area contributed by atoms with Gasteiger partial charge in [0.05, 0.1) is 6.61 Å². The summed E-state index contributed by atoms with van der Waals surface area (Å²) < 4.78 is 12.4. The molecule has 0 saturated carbocycles. The molecule has 0 spiro atoms. The van der Waals surface area contributed by atoms with Crippen molar-refractivity contribution in [1.82, 2.24) is 9.80 Å². The van der Waals surface area contributed by atoms with E-state index in [-0.39, 0.29) is 12.0 Å². The Kier molecular flexibility index (Phi) is 18.1. The average Bonchev–Trinajstić information content (AvgIpc) is 2.83. The van der Waals surface area contributed by atoms with Gasteiger partial charge in [-0.05, 0) is 82.5 Å². The second kappa shape index (κ2) is 20.1. The van der Waals surface area contributed by atoms with Gasteiger partial charge in [0.1, 0.15) is 11.5 Å². The first-order valence-electron chi connectivity index (χ1n) is 13.6. The summed E-state index contributed by atoms with van der Waals surface area (Å²) in [4.78, 5) is 5.14. The molecule has 1 unspecified atom stereocenters. The Balaban J connectivity index is 2.60. The van der Waals surface area contributed by atoms with Crippen molar-refractivity contribution < 1.29 is 14.6 Å². The number of hydrogen-bond donors (Lipinski definition) is 1. The second-order valence-electron chi connectivity index (χ2n) is 9.15. The number of ether oxygens (including phenoxy) is 2. The summed E-state index contributed by atoms with van der Waals surface area (Å²) in [6, 6.07) is 6.96. The SMILES string of the molecule is CCCCN(CCCC)CCCOC(CCN(CCCC)CCCC)Oc1ccc(O)cc1. The first-order chi connectivity index (χ1) is 16.1. The highest BCUT2D eigenvalue weighted by molar-refractivity contribution is 5.30. The molecule has 0 aliphatic carbocycles. The smallest absolute Gasteiger partial charge is 0.201 e. The van der Waals surface area contributed by atoms with Crippen LogP contribution in [-0.2, 0) is 4.74 Å². The number of nitrogens with zero attached hydrogens (tertiary/aromatic N) is 2. The van der Waals surface area contributed by atoms with Crippen LogP contribution in [-0.4, -0.2) is 67.1 Å². The van der Waals surface area contributed by atoms with Crippen LogP contribution in [0, 0.1) is 0 Å². The Morgan fingerprint density at radius 3 is 1.61 bits per heavy atom. The fraction of sp³-hybridized carbons (Fsp3) is 0.786. The Bertz CT molecular complexity index is 537. The monoisotopic (exact) mass is 464 g/mol. The number of phenolic OH excluding ortho intramolecular Hbond substituents is 1. The van der Waals surface area contributed by atoms with Crippen molar-refractivity contribution in [2.75, 3.05) is 45.9 Å². The summed E-state index contributed by atoms with van der Waals surface area (Å²) in [6.45, 7) is 16.5. The molecule has 0 bridgehead atoms. The number of phenols is 1. The molecule has 1 atom stereocenters. The van der Waals surface area contributed by atoms with Crippen LogP contribution in [0.5, 0.6) is 11.5 Å². The molecule has 1 aromatic carbocycles. The summed E-state index contributed by atoms with van der Waals surface area (Å²) >= 11 is 0. The predicted molar refractivity (Wildman–Crippen MR) is 140 cm³/mol. The number of unbranched alkanes of at least 4 members (excludes halogenated alkanes) is 4. The lowest BCUT2D eigenvalue weighted by Gasteiger charge is -2.26. The van der Waals surface area contributed by atoms with Gasteiger partial charge in [-0.3, -0.25) is 0 Å². The van der Waals surface area contributed by atoms with Gasteiger partial charge in [0.2, 0.25) is 6.29 Å². The summed E-state index contributed by atoms with van der Waals surface area (Å²) in [5.74, 6) is 1.00. The van der Waals surface area contributed by atoms with Crippen molar-refractivity contribution in [3.63, 3.8) is 0 Å². The van der Waals surface area contributed by atoms with E-state index in [2.05, 4.69) is 37.5 Å². The van der Waals surface area contributed by atoms with E-state index in [1.165, 1.54) is 64.5 Å². The van der Waals surface area contributed by atoms with Crippen LogP contribution in [0.2, 0.25) is 0 Å². The predicted octanol–water partition coefficient (Wildman–Crippen LogP) is 6.70. The number of rotatable bonds is 22. The molecular weight excluding hydrogens is 412 g/mol. The lowest BCUT2D eigenvalue weighted by Crippen LogP contribution is -2.33. The molecule has 1 N–H and O–H groups in total. The molecule has 1 aromatic rings. The fourth-order valence-electron chi connectivity index (χ4n) is 3.84. The topological polar surface area (TPSA) is 45.2 Å². The highest BCUT2D eigenvalue weighted by atomic mass is 16.7. The standard InChI is InChI=1S/C28H52N2O3/c1-5-9-19-29(20-10-6-2)23-13-25-32-28(33-27-16-14-26(31)15-17-27)18-24-30(21-11-7-3)22-12-8-4/h14-17,28,31H,5-13,18-25H2,1-4H3. The van der Waals surface area contributed by atoms with Gasteiger partial charge in [0.25, 0.3) is 0 Å². The van der Waals surface area contributed by atoms with Gasteiger partial charge in [-0.25, -0.2) is 0 Å². The second-order valence-corrected chi connectivity index (χ2v) is 9.15. The molecule has 5 heteroatoms. The van der Waals surface area contributed by atoms with Crippen molar-refractivity contribution in [2.45, 2.75) is 98.2 Å². The van der Waals surface area contributed by atoms with Gasteiger partial charge in [-0.15, -0.1) is 0 Å². The first-order valence-corrected chi connectivity index (χ1v) is 13.6. The molecule has 0 heterocycles.